The monoisotopic (exact) mass is 507 g/mol. The molecule has 2 aromatic carbocycles. The molecule has 0 bridgehead atoms. The van der Waals surface area contributed by atoms with Crippen molar-refractivity contribution in [2.75, 3.05) is 5.32 Å². The number of hydrogen-bond donors (Lipinski definition) is 1. The first-order valence-corrected chi connectivity index (χ1v) is 11.9. The van der Waals surface area contributed by atoms with E-state index in [1.807, 2.05) is 6.07 Å². The van der Waals surface area contributed by atoms with E-state index in [4.69, 9.17) is 16.3 Å². The Hall–Kier alpha value is -2.84. The van der Waals surface area contributed by atoms with Gasteiger partial charge >= 0.3 is 12.1 Å². The van der Waals surface area contributed by atoms with Crippen molar-refractivity contribution in [3.63, 3.8) is 0 Å². The van der Waals surface area contributed by atoms with Crippen LogP contribution in [0.2, 0.25) is 5.02 Å². The summed E-state index contributed by atoms with van der Waals surface area (Å²) in [5.74, 6) is -0.937. The van der Waals surface area contributed by atoms with E-state index >= 15 is 0 Å². The molecule has 0 radical (unpaired) electrons. The van der Waals surface area contributed by atoms with Crippen LogP contribution in [-0.4, -0.2) is 11.9 Å². The molecule has 0 saturated heterocycles. The Morgan fingerprint density at radius 1 is 1.15 bits per heavy atom. The molecule has 0 unspecified atom stereocenters. The van der Waals surface area contributed by atoms with Gasteiger partial charge in [0, 0.05) is 10.4 Å². The van der Waals surface area contributed by atoms with Gasteiger partial charge in [0.2, 0.25) is 6.10 Å². The zero-order chi connectivity index (χ0) is 24.5. The lowest BCUT2D eigenvalue weighted by atomic mass is 9.90. The van der Waals surface area contributed by atoms with Crippen molar-refractivity contribution in [2.24, 2.45) is 5.92 Å². The molecule has 9 heteroatoms. The van der Waals surface area contributed by atoms with E-state index < -0.39 is 29.7 Å². The number of fused-ring (bicyclic) bond motifs is 1. The molecule has 0 aliphatic heterocycles. The van der Waals surface area contributed by atoms with E-state index in [1.165, 1.54) is 11.3 Å². The number of nitrogens with one attached hydrogen (secondary N) is 1. The first kappa shape index (κ1) is 24.3. The average Bonchev–Trinajstić information content (AvgIpc) is 3.22. The number of carbonyl (C=O) groups excluding carboxylic acids is 2. The lowest BCUT2D eigenvalue weighted by Crippen LogP contribution is -2.26. The number of thiophene rings is 1. The number of halogens is 4. The fraction of sp³-hybridized carbons (Fsp3) is 0.280. The number of hydrogen-bond acceptors (Lipinski definition) is 4. The summed E-state index contributed by atoms with van der Waals surface area (Å²) >= 11 is 7.38. The van der Waals surface area contributed by atoms with E-state index in [2.05, 4.69) is 12.2 Å². The molecule has 1 aliphatic carbocycles. The highest BCUT2D eigenvalue weighted by Crippen LogP contribution is 2.35. The third-order valence-electron chi connectivity index (χ3n) is 5.65. The molecule has 1 N–H and O–H groups in total. The summed E-state index contributed by atoms with van der Waals surface area (Å²) < 4.78 is 44.9. The maximum absolute atomic E-state index is 13.1. The quantitative estimate of drug-likeness (QED) is 0.375. The van der Waals surface area contributed by atoms with Gasteiger partial charge in [-0.3, -0.25) is 4.79 Å². The van der Waals surface area contributed by atoms with Crippen LogP contribution in [0.1, 0.15) is 50.7 Å². The SMILES string of the molecule is C[C@H]1CCc2sc(C(=O)O[C@@H](C(=O)Nc3cc(C(F)(F)F)ccc3Cl)c3ccccc3)cc2C1. The van der Waals surface area contributed by atoms with E-state index in [9.17, 15) is 22.8 Å². The number of anilines is 1. The molecule has 178 valence electrons. The van der Waals surface area contributed by atoms with E-state index in [0.29, 0.717) is 16.4 Å². The number of carbonyl (C=O) groups is 2. The van der Waals surface area contributed by atoms with Crippen LogP contribution in [0.15, 0.2) is 54.6 Å². The molecular formula is C25H21ClF3NO3S. The summed E-state index contributed by atoms with van der Waals surface area (Å²) in [7, 11) is 0. The van der Waals surface area contributed by atoms with Crippen LogP contribution < -0.4 is 5.32 Å². The molecule has 0 spiro atoms. The third-order valence-corrected chi connectivity index (χ3v) is 7.19. The summed E-state index contributed by atoms with van der Waals surface area (Å²) in [4.78, 5) is 27.6. The van der Waals surface area contributed by atoms with Gasteiger partial charge in [-0.1, -0.05) is 48.9 Å². The molecule has 0 fully saturated rings. The fourth-order valence-corrected chi connectivity index (χ4v) is 5.12. The van der Waals surface area contributed by atoms with Crippen LogP contribution in [0, 0.1) is 5.92 Å². The Morgan fingerprint density at radius 2 is 1.88 bits per heavy atom. The molecule has 4 rings (SSSR count). The lowest BCUT2D eigenvalue weighted by Gasteiger charge is -2.19. The standard InChI is InChI=1S/C25H21ClF3NO3S/c1-14-7-10-20-16(11-14)12-21(34-20)24(32)33-22(15-5-3-2-4-6-15)23(31)30-19-13-17(25(27,28)29)8-9-18(19)26/h2-6,8-9,12-14,22H,7,10-11H2,1H3,(H,30,31)/t14-,22+/m0/s1. The predicted molar refractivity (Wildman–Crippen MR) is 125 cm³/mol. The number of amides is 1. The molecule has 2 atom stereocenters. The largest absolute Gasteiger partial charge is 0.443 e. The van der Waals surface area contributed by atoms with Crippen LogP contribution in [-0.2, 0) is 28.5 Å². The van der Waals surface area contributed by atoms with Crippen LogP contribution in [0.3, 0.4) is 0 Å². The van der Waals surface area contributed by atoms with Crippen molar-refractivity contribution < 1.29 is 27.5 Å². The van der Waals surface area contributed by atoms with Crippen molar-refractivity contribution in [1.29, 1.82) is 0 Å². The van der Waals surface area contributed by atoms with Gasteiger partial charge in [0.15, 0.2) is 0 Å². The maximum Gasteiger partial charge on any atom is 0.416 e. The number of ether oxygens (including phenoxy) is 1. The van der Waals surface area contributed by atoms with Crippen LogP contribution in [0.5, 0.6) is 0 Å². The van der Waals surface area contributed by atoms with Gasteiger partial charge in [-0.15, -0.1) is 11.3 Å². The van der Waals surface area contributed by atoms with Crippen molar-refractivity contribution in [3.05, 3.63) is 86.1 Å². The maximum atomic E-state index is 13.1. The van der Waals surface area contributed by atoms with Gasteiger partial charge in [-0.2, -0.15) is 13.2 Å². The Balaban J connectivity index is 1.59. The minimum Gasteiger partial charge on any atom is -0.443 e. The number of alkyl halides is 3. The smallest absolute Gasteiger partial charge is 0.416 e. The molecule has 34 heavy (non-hydrogen) atoms. The van der Waals surface area contributed by atoms with Crippen molar-refractivity contribution in [3.8, 4) is 0 Å². The number of aryl methyl sites for hydroxylation is 1. The van der Waals surface area contributed by atoms with E-state index in [1.54, 1.807) is 30.3 Å². The molecule has 3 aromatic rings. The highest BCUT2D eigenvalue weighted by Gasteiger charge is 2.32. The fourth-order valence-electron chi connectivity index (χ4n) is 3.87. The minimum atomic E-state index is -4.61. The Bertz CT molecular complexity index is 1210. The number of benzene rings is 2. The summed E-state index contributed by atoms with van der Waals surface area (Å²) in [5, 5.41) is 2.32. The molecule has 0 saturated carbocycles. The van der Waals surface area contributed by atoms with Crippen molar-refractivity contribution in [2.45, 2.75) is 38.5 Å². The second-order valence-corrected chi connectivity index (χ2v) is 9.83. The summed E-state index contributed by atoms with van der Waals surface area (Å²) in [6.07, 6.45) is -3.15. The highest BCUT2D eigenvalue weighted by atomic mass is 35.5. The molecule has 1 heterocycles. The van der Waals surface area contributed by atoms with E-state index in [0.717, 1.165) is 47.9 Å². The highest BCUT2D eigenvalue weighted by molar-refractivity contribution is 7.14. The summed E-state index contributed by atoms with van der Waals surface area (Å²) in [6.45, 7) is 2.16. The van der Waals surface area contributed by atoms with Gasteiger partial charge in [-0.05, 0) is 55.0 Å². The van der Waals surface area contributed by atoms with Gasteiger partial charge in [-0.25, -0.2) is 4.79 Å². The predicted octanol–water partition coefficient (Wildman–Crippen LogP) is 7.08. The van der Waals surface area contributed by atoms with Gasteiger partial charge in [0.05, 0.1) is 16.3 Å². The van der Waals surface area contributed by atoms with Gasteiger partial charge < -0.3 is 10.1 Å². The Labute approximate surface area is 203 Å². The van der Waals surface area contributed by atoms with Gasteiger partial charge in [0.25, 0.3) is 5.91 Å². The molecule has 1 aromatic heterocycles. The number of rotatable bonds is 5. The lowest BCUT2D eigenvalue weighted by molar-refractivity contribution is -0.137. The average molecular weight is 508 g/mol. The second-order valence-electron chi connectivity index (χ2n) is 8.28. The van der Waals surface area contributed by atoms with Crippen LogP contribution in [0.25, 0.3) is 0 Å². The third kappa shape index (κ3) is 5.45. The Kier molecular flexibility index (Phi) is 7.00. The molecule has 4 nitrogen and oxygen atoms in total. The zero-order valence-corrected chi connectivity index (χ0v) is 19.7. The van der Waals surface area contributed by atoms with Crippen molar-refractivity contribution in [1.82, 2.24) is 0 Å². The minimum absolute atomic E-state index is 0.0699. The molecule has 1 amide bonds. The Morgan fingerprint density at radius 3 is 2.59 bits per heavy atom. The molecule has 1 aliphatic rings. The van der Waals surface area contributed by atoms with Gasteiger partial charge in [0.1, 0.15) is 4.88 Å². The van der Waals surface area contributed by atoms with Crippen LogP contribution >= 0.6 is 22.9 Å². The summed E-state index contributed by atoms with van der Waals surface area (Å²) in [6, 6.07) is 12.7. The zero-order valence-electron chi connectivity index (χ0n) is 18.1. The first-order chi connectivity index (χ1) is 16.1. The van der Waals surface area contributed by atoms with E-state index in [-0.39, 0.29) is 10.7 Å². The summed E-state index contributed by atoms with van der Waals surface area (Å²) in [5.41, 5.74) is 0.316. The second kappa shape index (κ2) is 9.80. The first-order valence-electron chi connectivity index (χ1n) is 10.7. The topological polar surface area (TPSA) is 55.4 Å². The molecular weight excluding hydrogens is 487 g/mol. The van der Waals surface area contributed by atoms with Crippen molar-refractivity contribution >= 4 is 40.5 Å². The van der Waals surface area contributed by atoms with Crippen LogP contribution in [0.4, 0.5) is 18.9 Å². The number of esters is 1. The normalized spacial score (nSPS) is 16.4.